The maximum absolute atomic E-state index is 13.8. The molecule has 228 valence electrons. The highest BCUT2D eigenvalue weighted by Gasteiger charge is 2.40. The zero-order chi connectivity index (χ0) is 31.4. The topological polar surface area (TPSA) is 112 Å². The second-order valence-corrected chi connectivity index (χ2v) is 10.6. The van der Waals surface area contributed by atoms with Crippen molar-refractivity contribution >= 4 is 17.9 Å². The van der Waals surface area contributed by atoms with Gasteiger partial charge in [0.05, 0.1) is 6.07 Å². The molecule has 3 amide bonds. The van der Waals surface area contributed by atoms with Crippen molar-refractivity contribution in [1.82, 2.24) is 15.3 Å². The number of hydrazine groups is 1. The summed E-state index contributed by atoms with van der Waals surface area (Å²) in [5.74, 6) is 0.223. The summed E-state index contributed by atoms with van der Waals surface area (Å²) < 4.78 is 11.5. The average molecular weight is 603 g/mol. The molecule has 1 aliphatic rings. The molecule has 0 aromatic heterocycles. The van der Waals surface area contributed by atoms with Gasteiger partial charge in [0, 0.05) is 13.0 Å². The Morgan fingerprint density at radius 2 is 1.49 bits per heavy atom. The Labute approximate surface area is 262 Å². The summed E-state index contributed by atoms with van der Waals surface area (Å²) in [4.78, 5) is 40.8. The van der Waals surface area contributed by atoms with Crippen molar-refractivity contribution < 1.29 is 23.9 Å². The van der Waals surface area contributed by atoms with Crippen LogP contribution in [0.4, 0.5) is 4.79 Å². The van der Waals surface area contributed by atoms with Gasteiger partial charge in [0.15, 0.2) is 0 Å². The Balaban J connectivity index is 1.33. The summed E-state index contributed by atoms with van der Waals surface area (Å²) in [7, 11) is 0. The Hall–Kier alpha value is -5.62. The van der Waals surface area contributed by atoms with Crippen LogP contribution in [0.25, 0.3) is 0 Å². The third kappa shape index (κ3) is 8.27. The maximum atomic E-state index is 13.8. The van der Waals surface area contributed by atoms with Crippen LogP contribution in [0, 0.1) is 11.3 Å². The van der Waals surface area contributed by atoms with E-state index >= 15 is 0 Å². The number of nitrogens with zero attached hydrogens (tertiary/aromatic N) is 3. The zero-order valence-electron chi connectivity index (χ0n) is 24.7. The molecule has 9 nitrogen and oxygen atoms in total. The number of nitrogens with one attached hydrogen (secondary N) is 1. The monoisotopic (exact) mass is 602 g/mol. The molecule has 45 heavy (non-hydrogen) atoms. The molecule has 1 N–H and O–H groups in total. The highest BCUT2D eigenvalue weighted by Crippen LogP contribution is 2.26. The molecule has 0 spiro atoms. The number of carbonyl (C=O) groups is 3. The van der Waals surface area contributed by atoms with Crippen molar-refractivity contribution in [3.8, 4) is 17.6 Å². The summed E-state index contributed by atoms with van der Waals surface area (Å²) in [6, 6.07) is 35.1. The van der Waals surface area contributed by atoms with Crippen LogP contribution in [0.2, 0.25) is 0 Å². The smallest absolute Gasteiger partial charge is 0.429 e. The van der Waals surface area contributed by atoms with Gasteiger partial charge in [-0.2, -0.15) is 5.26 Å². The van der Waals surface area contributed by atoms with Gasteiger partial charge >= 0.3 is 6.09 Å². The lowest BCUT2D eigenvalue weighted by Crippen LogP contribution is -2.62. The third-order valence-electron chi connectivity index (χ3n) is 7.43. The van der Waals surface area contributed by atoms with Gasteiger partial charge in [-0.15, -0.1) is 0 Å². The number of ether oxygens (including phenoxy) is 2. The molecule has 1 aliphatic heterocycles. The molecular formula is C36H34N4O5. The van der Waals surface area contributed by atoms with E-state index < -0.39 is 24.1 Å². The summed E-state index contributed by atoms with van der Waals surface area (Å²) in [5.41, 5.74) is 2.29. The minimum Gasteiger partial charge on any atom is -0.457 e. The second kappa shape index (κ2) is 15.2. The molecule has 4 aromatic carbocycles. The number of rotatable bonds is 10. The van der Waals surface area contributed by atoms with E-state index in [1.807, 2.05) is 91.0 Å². The number of amides is 3. The molecule has 5 rings (SSSR count). The molecule has 0 radical (unpaired) electrons. The van der Waals surface area contributed by atoms with E-state index in [9.17, 15) is 19.6 Å². The first kappa shape index (κ1) is 30.8. The van der Waals surface area contributed by atoms with Crippen molar-refractivity contribution in [2.45, 2.75) is 44.4 Å². The predicted molar refractivity (Wildman–Crippen MR) is 167 cm³/mol. The molecule has 2 atom stereocenters. The number of aryl methyl sites for hydroxylation is 1. The fraction of sp³-hybridized carbons (Fsp3) is 0.222. The summed E-state index contributed by atoms with van der Waals surface area (Å²) in [5, 5.41) is 15.3. The van der Waals surface area contributed by atoms with Gasteiger partial charge in [0.25, 0.3) is 0 Å². The molecule has 1 unspecified atom stereocenters. The highest BCUT2D eigenvalue weighted by atomic mass is 16.6. The van der Waals surface area contributed by atoms with E-state index in [1.54, 1.807) is 24.3 Å². The van der Waals surface area contributed by atoms with Crippen molar-refractivity contribution in [2.75, 3.05) is 6.54 Å². The normalized spacial score (nSPS) is 15.0. The first-order valence-electron chi connectivity index (χ1n) is 14.9. The Morgan fingerprint density at radius 1 is 0.844 bits per heavy atom. The maximum Gasteiger partial charge on any atom is 0.429 e. The SMILES string of the molecule is N#CC(NC(=O)[C@@H]1CCCN(C(=O)OCc2ccccc2)N1C(=O)CCc1ccccc1)c1cccc(Oc2ccccc2)c1. The average Bonchev–Trinajstić information content (AvgIpc) is 3.09. The first-order valence-corrected chi connectivity index (χ1v) is 14.9. The molecule has 9 heteroatoms. The van der Waals surface area contributed by atoms with Gasteiger partial charge in [-0.25, -0.2) is 14.8 Å². The van der Waals surface area contributed by atoms with Gasteiger partial charge in [0.2, 0.25) is 11.8 Å². The van der Waals surface area contributed by atoms with E-state index in [0.29, 0.717) is 36.3 Å². The van der Waals surface area contributed by atoms with Crippen molar-refractivity contribution in [1.29, 1.82) is 5.26 Å². The van der Waals surface area contributed by atoms with Gasteiger partial charge in [-0.1, -0.05) is 91.0 Å². The van der Waals surface area contributed by atoms with Gasteiger partial charge in [0.1, 0.15) is 30.2 Å². The summed E-state index contributed by atoms with van der Waals surface area (Å²) >= 11 is 0. The van der Waals surface area contributed by atoms with Gasteiger partial charge < -0.3 is 14.8 Å². The summed E-state index contributed by atoms with van der Waals surface area (Å²) in [6.45, 7) is 0.242. The van der Waals surface area contributed by atoms with Crippen molar-refractivity contribution in [2.24, 2.45) is 0 Å². The van der Waals surface area contributed by atoms with E-state index in [-0.39, 0.29) is 25.5 Å². The molecule has 1 heterocycles. The fourth-order valence-corrected chi connectivity index (χ4v) is 5.18. The molecule has 1 saturated heterocycles. The van der Waals surface area contributed by atoms with Crippen LogP contribution >= 0.6 is 0 Å². The van der Waals surface area contributed by atoms with E-state index in [0.717, 1.165) is 11.1 Å². The van der Waals surface area contributed by atoms with Gasteiger partial charge in [-0.05, 0) is 60.2 Å². The molecule has 0 saturated carbocycles. The van der Waals surface area contributed by atoms with E-state index in [2.05, 4.69) is 11.4 Å². The van der Waals surface area contributed by atoms with Crippen LogP contribution in [0.3, 0.4) is 0 Å². The van der Waals surface area contributed by atoms with Crippen LogP contribution < -0.4 is 10.1 Å². The van der Waals surface area contributed by atoms with Crippen LogP contribution in [-0.4, -0.2) is 40.5 Å². The van der Waals surface area contributed by atoms with Crippen LogP contribution in [0.1, 0.15) is 42.0 Å². The Morgan fingerprint density at radius 3 is 2.18 bits per heavy atom. The van der Waals surface area contributed by atoms with Crippen LogP contribution in [0.15, 0.2) is 115 Å². The van der Waals surface area contributed by atoms with Crippen molar-refractivity contribution in [3.05, 3.63) is 132 Å². The minimum atomic E-state index is -1.02. The third-order valence-corrected chi connectivity index (χ3v) is 7.43. The number of hydrogen-bond donors (Lipinski definition) is 1. The molecule has 4 aromatic rings. The highest BCUT2D eigenvalue weighted by molar-refractivity contribution is 5.89. The second-order valence-electron chi connectivity index (χ2n) is 10.6. The van der Waals surface area contributed by atoms with Crippen LogP contribution in [0.5, 0.6) is 11.5 Å². The number of para-hydroxylation sites is 1. The fourth-order valence-electron chi connectivity index (χ4n) is 5.18. The van der Waals surface area contributed by atoms with E-state index in [4.69, 9.17) is 9.47 Å². The lowest BCUT2D eigenvalue weighted by molar-refractivity contribution is -0.163. The lowest BCUT2D eigenvalue weighted by atomic mass is 10.0. The lowest BCUT2D eigenvalue weighted by Gasteiger charge is -2.42. The largest absolute Gasteiger partial charge is 0.457 e. The standard InChI is InChI=1S/C36H34N4O5/c37-25-32(29-16-10-19-31(24-29)45-30-17-8-3-9-18-30)38-35(42)33-20-11-23-39(36(43)44-26-28-14-6-2-7-15-28)40(33)34(41)22-21-27-12-4-1-5-13-27/h1-10,12-19,24,32-33H,11,20-23,26H2,(H,38,42)/t32?,33-/m0/s1. The molecule has 0 aliphatic carbocycles. The number of hydrogen-bond acceptors (Lipinski definition) is 6. The number of carbonyl (C=O) groups excluding carboxylic acids is 3. The molecular weight excluding hydrogens is 568 g/mol. The summed E-state index contributed by atoms with van der Waals surface area (Å²) in [6.07, 6.45) is 0.592. The predicted octanol–water partition coefficient (Wildman–Crippen LogP) is 6.34. The Kier molecular flexibility index (Phi) is 10.4. The first-order chi connectivity index (χ1) is 22.0. The van der Waals surface area contributed by atoms with Crippen molar-refractivity contribution in [3.63, 3.8) is 0 Å². The molecule has 0 bridgehead atoms. The van der Waals surface area contributed by atoms with Gasteiger partial charge in [-0.3, -0.25) is 9.59 Å². The van der Waals surface area contributed by atoms with Crippen LogP contribution in [-0.2, 0) is 27.4 Å². The van der Waals surface area contributed by atoms with E-state index in [1.165, 1.54) is 10.0 Å². The zero-order valence-corrected chi connectivity index (χ0v) is 24.7. The Bertz CT molecular complexity index is 1630. The number of nitriles is 1. The molecule has 1 fully saturated rings. The minimum absolute atomic E-state index is 0.0248. The number of benzene rings is 4. The quantitative estimate of drug-likeness (QED) is 0.227.